The molecule has 0 N–H and O–H groups in total. The van der Waals surface area contributed by atoms with Crippen molar-refractivity contribution >= 4 is 0 Å². The van der Waals surface area contributed by atoms with Crippen LogP contribution in [0.25, 0.3) is 0 Å². The molecule has 0 radical (unpaired) electrons. The van der Waals surface area contributed by atoms with E-state index in [1.807, 2.05) is 24.3 Å². The quantitative estimate of drug-likeness (QED) is 0.301. The van der Waals surface area contributed by atoms with Crippen molar-refractivity contribution in [2.75, 3.05) is 20.0 Å². The van der Waals surface area contributed by atoms with E-state index in [4.69, 9.17) is 14.2 Å². The highest BCUT2D eigenvalue weighted by atomic mass is 16.7. The van der Waals surface area contributed by atoms with Crippen LogP contribution in [-0.2, 0) is 4.74 Å². The molecule has 2 saturated carbocycles. The van der Waals surface area contributed by atoms with Crippen molar-refractivity contribution in [2.45, 2.75) is 229 Å². The Morgan fingerprint density at radius 2 is 0.922 bits per heavy atom. The van der Waals surface area contributed by atoms with E-state index in [2.05, 4.69) is 76.2 Å². The average molecular weight is 741 g/mol. The molecule has 2 heterocycles. The van der Waals surface area contributed by atoms with Gasteiger partial charge in [0.25, 0.3) is 0 Å². The number of benzene rings is 1. The fourth-order valence-electron chi connectivity index (χ4n) is 4.50. The summed E-state index contributed by atoms with van der Waals surface area (Å²) < 4.78 is 15.1. The fourth-order valence-corrected chi connectivity index (χ4v) is 4.50. The van der Waals surface area contributed by atoms with E-state index < -0.39 is 0 Å². The largest absolute Gasteiger partial charge is 0.454 e. The van der Waals surface area contributed by atoms with E-state index in [0.717, 1.165) is 59.7 Å². The molecule has 1 aromatic carbocycles. The van der Waals surface area contributed by atoms with Gasteiger partial charge in [-0.1, -0.05) is 203 Å². The van der Waals surface area contributed by atoms with E-state index >= 15 is 0 Å². The Balaban J connectivity index is -0.0000000302. The number of hydrogen-bond acceptors (Lipinski definition) is 3. The highest BCUT2D eigenvalue weighted by Gasteiger charge is 2.40. The maximum Gasteiger partial charge on any atom is 0.231 e. The van der Waals surface area contributed by atoms with Crippen molar-refractivity contribution in [3.8, 4) is 11.5 Å². The molecule has 326 valence electrons. The fraction of sp³-hybridized carbons (Fsp3) is 0.875. The molecule has 5 rings (SSSR count). The second kappa shape index (κ2) is 53.1. The van der Waals surface area contributed by atoms with Crippen molar-refractivity contribution in [3.63, 3.8) is 0 Å². The number of ether oxygens (including phenoxy) is 3. The van der Waals surface area contributed by atoms with Crippen LogP contribution >= 0.6 is 0 Å². The van der Waals surface area contributed by atoms with Crippen molar-refractivity contribution in [1.29, 1.82) is 0 Å². The van der Waals surface area contributed by atoms with Gasteiger partial charge in [-0.2, -0.15) is 0 Å². The molecular formula is C48H116O3. The molecule has 3 nitrogen and oxygen atoms in total. The first kappa shape index (κ1) is 87.6. The molecule has 4 aliphatic rings. The zero-order valence-electron chi connectivity index (χ0n) is 28.1. The first-order chi connectivity index (χ1) is 18.4. The highest BCUT2D eigenvalue weighted by molar-refractivity contribution is 5.40. The lowest BCUT2D eigenvalue weighted by molar-refractivity contribution is 0.174. The van der Waals surface area contributed by atoms with Crippen LogP contribution in [0.3, 0.4) is 0 Å². The van der Waals surface area contributed by atoms with Gasteiger partial charge in [0.05, 0.1) is 0 Å². The summed E-state index contributed by atoms with van der Waals surface area (Å²) >= 11 is 0. The van der Waals surface area contributed by atoms with Gasteiger partial charge in [-0.05, 0) is 85.7 Å². The minimum Gasteiger partial charge on any atom is -0.454 e. The van der Waals surface area contributed by atoms with Crippen molar-refractivity contribution in [3.05, 3.63) is 24.3 Å². The smallest absolute Gasteiger partial charge is 0.231 e. The van der Waals surface area contributed by atoms with Gasteiger partial charge in [0.2, 0.25) is 6.79 Å². The first-order valence-corrected chi connectivity index (χ1v) is 16.3. The summed E-state index contributed by atoms with van der Waals surface area (Å²) in [5.41, 5.74) is 0.814. The zero-order chi connectivity index (χ0) is 29.7. The van der Waals surface area contributed by atoms with Gasteiger partial charge < -0.3 is 14.2 Å². The van der Waals surface area contributed by atoms with E-state index in [1.165, 1.54) is 64.2 Å². The van der Waals surface area contributed by atoms with Gasteiger partial charge in [0.15, 0.2) is 11.5 Å². The average Bonchev–Trinajstić information content (AvgIpc) is 3.22. The second-order valence-electron chi connectivity index (χ2n) is 14.0. The van der Waals surface area contributed by atoms with Gasteiger partial charge in [0, 0.05) is 13.2 Å². The summed E-state index contributed by atoms with van der Waals surface area (Å²) in [5.74, 6) is 6.30. The number of para-hydroxylation sites is 2. The van der Waals surface area contributed by atoms with Crippen LogP contribution in [0, 0.1) is 35.0 Å². The Bertz CT molecular complexity index is 627. The van der Waals surface area contributed by atoms with Crippen LogP contribution in [0.5, 0.6) is 11.5 Å². The first-order valence-electron chi connectivity index (χ1n) is 16.3. The summed E-state index contributed by atoms with van der Waals surface area (Å²) in [5, 5.41) is 0. The molecule has 2 aliphatic carbocycles. The SMILES string of the molecule is C.C.C.C.C.C.C.C.C.C.C.C.C1CCOC1.CC(C)C.CC(C)C.CC(C)CC1CCC1.CCC1(CC(C)C)CC1.c1ccc2c(c1)OCO2. The Hall–Kier alpha value is -1.22. The Morgan fingerprint density at radius 1 is 0.569 bits per heavy atom. The number of rotatable bonds is 5. The van der Waals surface area contributed by atoms with Gasteiger partial charge in [-0.25, -0.2) is 0 Å². The molecule has 1 saturated heterocycles. The van der Waals surface area contributed by atoms with Crippen LogP contribution in [0.15, 0.2) is 24.3 Å². The second-order valence-corrected chi connectivity index (χ2v) is 14.0. The lowest BCUT2D eigenvalue weighted by Crippen LogP contribution is -2.12. The van der Waals surface area contributed by atoms with Gasteiger partial charge >= 0.3 is 0 Å². The van der Waals surface area contributed by atoms with E-state index in [-0.39, 0.29) is 89.1 Å². The minimum absolute atomic E-state index is 0. The predicted octanol–water partition coefficient (Wildman–Crippen LogP) is 19.2. The molecule has 2 aliphatic heterocycles. The molecule has 3 fully saturated rings. The molecule has 0 aromatic heterocycles. The summed E-state index contributed by atoms with van der Waals surface area (Å²) in [6.45, 7) is 27.0. The number of fused-ring (bicyclic) bond motifs is 1. The van der Waals surface area contributed by atoms with Crippen molar-refractivity contribution < 1.29 is 14.2 Å². The van der Waals surface area contributed by atoms with Gasteiger partial charge in [0.1, 0.15) is 0 Å². The third-order valence-electron chi connectivity index (χ3n) is 6.68. The topological polar surface area (TPSA) is 27.7 Å². The lowest BCUT2D eigenvalue weighted by Gasteiger charge is -2.26. The standard InChI is InChI=1S/C9H18.C8H16.C7H6O2.C4H8O.2C4H10.12CH4/c1-4-9(5-6-9)7-8(2)3;1-7(2)6-8-4-3-5-8;1-2-4-7-6(3-1)8-5-9-7;1-2-4-5-3-1;2*1-4(2)3;;;;;;;;;;;;/h8H,4-7H2,1-3H3;7-8H,3-6H2,1-2H3;1-4H,5H2;1-4H2;2*4H,1-3H3;12*1H4. The lowest BCUT2D eigenvalue weighted by atomic mass is 9.80. The van der Waals surface area contributed by atoms with Gasteiger partial charge in [-0.15, -0.1) is 0 Å². The summed E-state index contributed by atoms with van der Waals surface area (Å²) in [6, 6.07) is 7.63. The Kier molecular flexibility index (Phi) is 91.2. The molecule has 0 amide bonds. The molecule has 0 bridgehead atoms. The number of hydrogen-bond donors (Lipinski definition) is 0. The summed E-state index contributed by atoms with van der Waals surface area (Å²) in [4.78, 5) is 0. The van der Waals surface area contributed by atoms with Crippen LogP contribution < -0.4 is 9.47 Å². The maximum absolute atomic E-state index is 5.08. The predicted molar refractivity (Wildman–Crippen MR) is 253 cm³/mol. The van der Waals surface area contributed by atoms with Crippen LogP contribution in [0.2, 0.25) is 0 Å². The molecule has 0 atom stereocenters. The highest BCUT2D eigenvalue weighted by Crippen LogP contribution is 2.53. The summed E-state index contributed by atoms with van der Waals surface area (Å²) in [6.07, 6.45) is 14.4. The molecular weight excluding hydrogens is 625 g/mol. The van der Waals surface area contributed by atoms with Crippen LogP contribution in [-0.4, -0.2) is 20.0 Å². The maximum atomic E-state index is 5.08. The van der Waals surface area contributed by atoms with Crippen LogP contribution in [0.4, 0.5) is 0 Å². The van der Waals surface area contributed by atoms with Crippen molar-refractivity contribution in [2.24, 2.45) is 35.0 Å². The summed E-state index contributed by atoms with van der Waals surface area (Å²) in [7, 11) is 0. The third-order valence-corrected chi connectivity index (χ3v) is 6.68. The van der Waals surface area contributed by atoms with E-state index in [0.29, 0.717) is 6.79 Å². The van der Waals surface area contributed by atoms with Crippen LogP contribution in [0.1, 0.15) is 229 Å². The monoisotopic (exact) mass is 741 g/mol. The Morgan fingerprint density at radius 3 is 1.08 bits per heavy atom. The van der Waals surface area contributed by atoms with Gasteiger partial charge in [-0.3, -0.25) is 0 Å². The Labute approximate surface area is 333 Å². The van der Waals surface area contributed by atoms with E-state index in [1.54, 1.807) is 0 Å². The molecule has 1 aromatic rings. The molecule has 3 heteroatoms. The zero-order valence-corrected chi connectivity index (χ0v) is 28.1. The third kappa shape index (κ3) is 55.7. The molecule has 51 heavy (non-hydrogen) atoms. The normalized spacial score (nSPS) is 13.5. The molecule has 0 spiro atoms. The minimum atomic E-state index is 0. The van der Waals surface area contributed by atoms with E-state index in [9.17, 15) is 0 Å². The van der Waals surface area contributed by atoms with Crippen molar-refractivity contribution in [1.82, 2.24) is 0 Å². The molecule has 0 unspecified atom stereocenters.